The van der Waals surface area contributed by atoms with Crippen LogP contribution in [0.2, 0.25) is 0 Å². The molecule has 0 radical (unpaired) electrons. The molecule has 0 aromatic heterocycles. The number of hydrogen-bond donors (Lipinski definition) is 2. The Labute approximate surface area is 158 Å². The molecule has 142 valence electrons. The van der Waals surface area contributed by atoms with Crippen LogP contribution in [0.15, 0.2) is 48.5 Å². The molecule has 2 aromatic carbocycles. The molecule has 2 N–H and O–H groups in total. The molecule has 0 unspecified atom stereocenters. The number of carbonyl (C=O) groups is 1. The summed E-state index contributed by atoms with van der Waals surface area (Å²) >= 11 is 0. The Hall–Kier alpha value is -2.27. The zero-order chi connectivity index (χ0) is 18.9. The van der Waals surface area contributed by atoms with Crippen LogP contribution in [-0.4, -0.2) is 25.0 Å². The zero-order valence-electron chi connectivity index (χ0n) is 15.2. The number of carbonyl (C=O) groups excluding carboxylic acids is 1. The van der Waals surface area contributed by atoms with Gasteiger partial charge in [-0.15, -0.1) is 0 Å². The molecule has 5 heteroatoms. The van der Waals surface area contributed by atoms with E-state index in [1.165, 1.54) is 29.3 Å². The fraction of sp³-hybridized carbons (Fsp3) is 0.409. The van der Waals surface area contributed by atoms with Crippen LogP contribution >= 0.6 is 0 Å². The lowest BCUT2D eigenvalue weighted by molar-refractivity contribution is 0.0931. The van der Waals surface area contributed by atoms with Gasteiger partial charge in [0.05, 0.1) is 0 Å². The van der Waals surface area contributed by atoms with E-state index in [9.17, 15) is 13.6 Å². The van der Waals surface area contributed by atoms with E-state index in [0.29, 0.717) is 12.6 Å². The number of halogens is 2. The minimum atomic E-state index is -2.65. The third kappa shape index (κ3) is 4.03. The highest BCUT2D eigenvalue weighted by atomic mass is 19.3. The molecular formula is C22H24F2N2O. The summed E-state index contributed by atoms with van der Waals surface area (Å²) in [5.41, 5.74) is 2.75. The van der Waals surface area contributed by atoms with Gasteiger partial charge in [-0.05, 0) is 42.9 Å². The van der Waals surface area contributed by atoms with Gasteiger partial charge in [-0.1, -0.05) is 42.5 Å². The van der Waals surface area contributed by atoms with Crippen LogP contribution in [0, 0.1) is 5.41 Å². The Balaban J connectivity index is 1.30. The van der Waals surface area contributed by atoms with E-state index in [2.05, 4.69) is 34.9 Å². The van der Waals surface area contributed by atoms with Gasteiger partial charge in [-0.2, -0.15) is 0 Å². The predicted molar refractivity (Wildman–Crippen MR) is 101 cm³/mol. The van der Waals surface area contributed by atoms with Crippen molar-refractivity contribution < 1.29 is 13.6 Å². The van der Waals surface area contributed by atoms with Gasteiger partial charge in [-0.3, -0.25) is 4.79 Å². The Morgan fingerprint density at radius 2 is 1.63 bits per heavy atom. The Bertz CT molecular complexity index is 808. The van der Waals surface area contributed by atoms with Gasteiger partial charge in [0, 0.05) is 35.7 Å². The molecule has 1 saturated carbocycles. The van der Waals surface area contributed by atoms with Crippen LogP contribution in [0.1, 0.15) is 46.3 Å². The van der Waals surface area contributed by atoms with Gasteiger partial charge >= 0.3 is 0 Å². The summed E-state index contributed by atoms with van der Waals surface area (Å²) in [5.74, 6) is -0.412. The number of hydrogen-bond acceptors (Lipinski definition) is 2. The average molecular weight is 370 g/mol. The lowest BCUT2D eigenvalue weighted by Gasteiger charge is -2.20. The van der Waals surface area contributed by atoms with Crippen LogP contribution in [0.5, 0.6) is 0 Å². The largest absolute Gasteiger partial charge is 0.351 e. The Morgan fingerprint density at radius 1 is 1.00 bits per heavy atom. The van der Waals surface area contributed by atoms with Crippen molar-refractivity contribution in [2.24, 2.45) is 5.41 Å². The van der Waals surface area contributed by atoms with Gasteiger partial charge in [0.15, 0.2) is 0 Å². The molecule has 27 heavy (non-hydrogen) atoms. The SMILES string of the molecule is O=C(NCC1(CNC2Cc3ccccc3C2)CC1)c1ccccc1C(F)F. The second-order valence-corrected chi connectivity index (χ2v) is 7.83. The van der Waals surface area contributed by atoms with Crippen molar-refractivity contribution in [2.45, 2.75) is 38.2 Å². The zero-order valence-corrected chi connectivity index (χ0v) is 15.2. The highest BCUT2D eigenvalue weighted by Crippen LogP contribution is 2.44. The predicted octanol–water partition coefficient (Wildman–Crippen LogP) is 3.89. The first-order valence-electron chi connectivity index (χ1n) is 9.52. The summed E-state index contributed by atoms with van der Waals surface area (Å²) in [6.07, 6.45) is 1.54. The third-order valence-electron chi connectivity index (χ3n) is 5.84. The molecule has 2 aromatic rings. The maximum atomic E-state index is 13.1. The molecule has 0 heterocycles. The summed E-state index contributed by atoms with van der Waals surface area (Å²) in [5, 5.41) is 6.53. The van der Waals surface area contributed by atoms with Gasteiger partial charge in [0.25, 0.3) is 12.3 Å². The van der Waals surface area contributed by atoms with E-state index >= 15 is 0 Å². The molecule has 0 spiro atoms. The van der Waals surface area contributed by atoms with Gasteiger partial charge in [-0.25, -0.2) is 8.78 Å². The quantitative estimate of drug-likeness (QED) is 0.776. The number of benzene rings is 2. The first kappa shape index (κ1) is 18.1. The maximum Gasteiger partial charge on any atom is 0.264 e. The number of fused-ring (bicyclic) bond motifs is 1. The second-order valence-electron chi connectivity index (χ2n) is 7.83. The van der Waals surface area contributed by atoms with Crippen LogP contribution < -0.4 is 10.6 Å². The van der Waals surface area contributed by atoms with Crippen molar-refractivity contribution in [3.8, 4) is 0 Å². The second kappa shape index (κ2) is 7.39. The summed E-state index contributed by atoms with van der Waals surface area (Å²) in [4.78, 5) is 12.4. The van der Waals surface area contributed by atoms with Gasteiger partial charge in [0.1, 0.15) is 0 Å². The van der Waals surface area contributed by atoms with E-state index in [0.717, 1.165) is 32.2 Å². The normalized spacial score (nSPS) is 17.7. The van der Waals surface area contributed by atoms with Crippen molar-refractivity contribution in [3.05, 3.63) is 70.8 Å². The molecule has 3 nitrogen and oxygen atoms in total. The van der Waals surface area contributed by atoms with Crippen molar-refractivity contribution in [1.29, 1.82) is 0 Å². The lowest BCUT2D eigenvalue weighted by atomic mass is 10.0. The maximum absolute atomic E-state index is 13.1. The van der Waals surface area contributed by atoms with E-state index in [1.54, 1.807) is 6.07 Å². The third-order valence-corrected chi connectivity index (χ3v) is 5.84. The topological polar surface area (TPSA) is 41.1 Å². The van der Waals surface area contributed by atoms with Crippen LogP contribution in [0.25, 0.3) is 0 Å². The van der Waals surface area contributed by atoms with Crippen molar-refractivity contribution in [3.63, 3.8) is 0 Å². The molecule has 1 amide bonds. The van der Waals surface area contributed by atoms with Crippen molar-refractivity contribution in [1.82, 2.24) is 10.6 Å². The molecule has 4 rings (SSSR count). The number of amides is 1. The summed E-state index contributed by atoms with van der Waals surface area (Å²) in [6.45, 7) is 1.37. The van der Waals surface area contributed by atoms with Gasteiger partial charge < -0.3 is 10.6 Å². The highest BCUT2D eigenvalue weighted by molar-refractivity contribution is 5.95. The summed E-state index contributed by atoms with van der Waals surface area (Å²) in [7, 11) is 0. The fourth-order valence-corrected chi connectivity index (χ4v) is 3.91. The molecule has 2 aliphatic rings. The summed E-state index contributed by atoms with van der Waals surface area (Å²) < 4.78 is 26.2. The average Bonchev–Trinajstić information content (AvgIpc) is 3.34. The Morgan fingerprint density at radius 3 is 2.26 bits per heavy atom. The van der Waals surface area contributed by atoms with Crippen LogP contribution in [-0.2, 0) is 12.8 Å². The molecule has 1 fully saturated rings. The highest BCUT2D eigenvalue weighted by Gasteiger charge is 2.43. The minimum absolute atomic E-state index is 0.0597. The number of rotatable bonds is 7. The fourth-order valence-electron chi connectivity index (χ4n) is 3.91. The molecule has 2 aliphatic carbocycles. The molecule has 0 bridgehead atoms. The van der Waals surface area contributed by atoms with Gasteiger partial charge in [0.2, 0.25) is 0 Å². The number of nitrogens with one attached hydrogen (secondary N) is 2. The molecule has 0 saturated heterocycles. The van der Waals surface area contributed by atoms with E-state index in [4.69, 9.17) is 0 Å². The lowest BCUT2D eigenvalue weighted by Crippen LogP contribution is -2.40. The monoisotopic (exact) mass is 370 g/mol. The van der Waals surface area contributed by atoms with Crippen LogP contribution in [0.3, 0.4) is 0 Å². The Kier molecular flexibility index (Phi) is 4.96. The first-order chi connectivity index (χ1) is 13.1. The molecule has 0 atom stereocenters. The van der Waals surface area contributed by atoms with E-state index < -0.39 is 12.3 Å². The van der Waals surface area contributed by atoms with E-state index in [1.807, 2.05) is 0 Å². The smallest absolute Gasteiger partial charge is 0.264 e. The van der Waals surface area contributed by atoms with Crippen LogP contribution in [0.4, 0.5) is 8.78 Å². The summed E-state index contributed by atoms with van der Waals surface area (Å²) in [6, 6.07) is 14.9. The standard InChI is InChI=1S/C22H24F2N2O/c23-20(24)18-7-3-4-8-19(18)21(27)26-14-22(9-10-22)13-25-17-11-15-5-1-2-6-16(15)12-17/h1-8,17,20,25H,9-14H2,(H,26,27). The van der Waals surface area contributed by atoms with Crippen molar-refractivity contribution >= 4 is 5.91 Å². The molecular weight excluding hydrogens is 346 g/mol. The molecule has 0 aliphatic heterocycles. The first-order valence-corrected chi connectivity index (χ1v) is 9.52. The minimum Gasteiger partial charge on any atom is -0.351 e. The van der Waals surface area contributed by atoms with E-state index in [-0.39, 0.29) is 16.5 Å². The van der Waals surface area contributed by atoms with Crippen molar-refractivity contribution in [2.75, 3.05) is 13.1 Å². The number of alkyl halides is 2.